The smallest absolute Gasteiger partial charge is 0.245 e. The largest absolute Gasteiger partial charge is 0.479 e. The van der Waals surface area contributed by atoms with Crippen molar-refractivity contribution in [1.29, 1.82) is 0 Å². The van der Waals surface area contributed by atoms with Crippen LogP contribution in [0.5, 0.6) is 11.8 Å². The van der Waals surface area contributed by atoms with Crippen LogP contribution in [-0.4, -0.2) is 62.6 Å². The predicted molar refractivity (Wildman–Crippen MR) is 129 cm³/mol. The predicted octanol–water partition coefficient (Wildman–Crippen LogP) is 3.28. The second-order valence-electron chi connectivity index (χ2n) is 8.59. The first-order chi connectivity index (χ1) is 16.8. The third-order valence-electron chi connectivity index (χ3n) is 6.49. The highest BCUT2D eigenvalue weighted by Crippen LogP contribution is 2.38. The molecule has 11 nitrogen and oxygen atoms in total. The summed E-state index contributed by atoms with van der Waals surface area (Å²) in [5, 5.41) is 8.34. The summed E-state index contributed by atoms with van der Waals surface area (Å²) in [6.07, 6.45) is 8.25. The maximum atomic E-state index is 13.5. The van der Waals surface area contributed by atoms with Crippen molar-refractivity contribution in [1.82, 2.24) is 34.7 Å². The van der Waals surface area contributed by atoms with Crippen LogP contribution in [0.15, 0.2) is 18.7 Å². The summed E-state index contributed by atoms with van der Waals surface area (Å²) >= 11 is 5.88. The van der Waals surface area contributed by atoms with Gasteiger partial charge in [-0.05, 0) is 19.8 Å². The van der Waals surface area contributed by atoms with E-state index in [-0.39, 0.29) is 29.3 Å². The van der Waals surface area contributed by atoms with E-state index in [2.05, 4.69) is 30.1 Å². The molecule has 188 valence electrons. The molecule has 35 heavy (non-hydrogen) atoms. The van der Waals surface area contributed by atoms with Crippen LogP contribution in [-0.2, 0) is 15.6 Å². The van der Waals surface area contributed by atoms with Gasteiger partial charge in [0.2, 0.25) is 11.8 Å². The Balaban J connectivity index is 1.76. The van der Waals surface area contributed by atoms with Crippen molar-refractivity contribution in [3.63, 3.8) is 0 Å². The Hall–Kier alpha value is -2.86. The number of aromatic nitrogens is 7. The first-order valence-electron chi connectivity index (χ1n) is 11.3. The van der Waals surface area contributed by atoms with Crippen LogP contribution in [0.4, 0.5) is 0 Å². The lowest BCUT2D eigenvalue weighted by atomic mass is 10.1. The quantitative estimate of drug-likeness (QED) is 0.412. The first kappa shape index (κ1) is 25.2. The van der Waals surface area contributed by atoms with E-state index >= 15 is 0 Å². The SMILES string of the molecule is COc1ncnc(OC)c1-n1c(CS(=O)(=O)[C@@H](C)[C@H](C)c2ncc(Cl)cn2)nnc1C1CCCC1. The number of nitrogens with zero attached hydrogens (tertiary/aromatic N) is 7. The summed E-state index contributed by atoms with van der Waals surface area (Å²) in [4.78, 5) is 16.8. The molecule has 0 bridgehead atoms. The van der Waals surface area contributed by atoms with Crippen LogP contribution in [0.25, 0.3) is 5.69 Å². The van der Waals surface area contributed by atoms with Gasteiger partial charge < -0.3 is 9.47 Å². The number of halogens is 1. The van der Waals surface area contributed by atoms with Gasteiger partial charge in [0.25, 0.3) is 0 Å². The molecule has 4 rings (SSSR count). The molecule has 1 aliphatic rings. The molecule has 0 amide bonds. The summed E-state index contributed by atoms with van der Waals surface area (Å²) in [6, 6.07) is 0. The van der Waals surface area contributed by atoms with Crippen molar-refractivity contribution < 1.29 is 17.9 Å². The van der Waals surface area contributed by atoms with Gasteiger partial charge >= 0.3 is 0 Å². The molecule has 0 aliphatic heterocycles. The van der Waals surface area contributed by atoms with Gasteiger partial charge in [0.1, 0.15) is 23.7 Å². The number of sulfone groups is 1. The molecular weight excluding hydrogens is 494 g/mol. The van der Waals surface area contributed by atoms with Gasteiger partial charge in [0.05, 0.1) is 24.5 Å². The highest BCUT2D eigenvalue weighted by Gasteiger charge is 2.34. The Morgan fingerprint density at radius 3 is 2.20 bits per heavy atom. The average Bonchev–Trinajstić information content (AvgIpc) is 3.52. The Kier molecular flexibility index (Phi) is 7.50. The fourth-order valence-corrected chi connectivity index (χ4v) is 5.99. The first-order valence-corrected chi connectivity index (χ1v) is 13.4. The number of hydrogen-bond acceptors (Lipinski definition) is 10. The van der Waals surface area contributed by atoms with E-state index in [4.69, 9.17) is 21.1 Å². The maximum Gasteiger partial charge on any atom is 0.245 e. The summed E-state index contributed by atoms with van der Waals surface area (Å²) in [7, 11) is -0.743. The highest BCUT2D eigenvalue weighted by molar-refractivity contribution is 7.91. The van der Waals surface area contributed by atoms with Crippen LogP contribution < -0.4 is 9.47 Å². The number of ether oxygens (including phenoxy) is 2. The van der Waals surface area contributed by atoms with Crippen LogP contribution in [0.3, 0.4) is 0 Å². The lowest BCUT2D eigenvalue weighted by Gasteiger charge is -2.20. The summed E-state index contributed by atoms with van der Waals surface area (Å²) in [6.45, 7) is 3.42. The van der Waals surface area contributed by atoms with Gasteiger partial charge in [-0.15, -0.1) is 10.2 Å². The Morgan fingerprint density at radius 2 is 1.63 bits per heavy atom. The maximum absolute atomic E-state index is 13.5. The molecular formula is C22H28ClN7O4S. The molecule has 1 saturated carbocycles. The van der Waals surface area contributed by atoms with Crippen LogP contribution >= 0.6 is 11.6 Å². The Labute approximate surface area is 209 Å². The number of rotatable bonds is 9. The fourth-order valence-electron chi connectivity index (χ4n) is 4.34. The molecule has 3 heterocycles. The van der Waals surface area contributed by atoms with Gasteiger partial charge in [0.15, 0.2) is 21.3 Å². The normalized spacial score (nSPS) is 16.3. The average molecular weight is 522 g/mol. The summed E-state index contributed by atoms with van der Waals surface area (Å²) in [5.41, 5.74) is 0.385. The molecule has 0 radical (unpaired) electrons. The van der Waals surface area contributed by atoms with Crippen molar-refractivity contribution in [3.05, 3.63) is 41.2 Å². The van der Waals surface area contributed by atoms with Gasteiger partial charge in [-0.25, -0.2) is 18.4 Å². The zero-order valence-corrected chi connectivity index (χ0v) is 21.6. The lowest BCUT2D eigenvalue weighted by molar-refractivity contribution is 0.366. The van der Waals surface area contributed by atoms with E-state index in [1.165, 1.54) is 32.9 Å². The lowest BCUT2D eigenvalue weighted by Crippen LogP contribution is -2.27. The minimum absolute atomic E-state index is 0.132. The minimum Gasteiger partial charge on any atom is -0.479 e. The van der Waals surface area contributed by atoms with Gasteiger partial charge in [0, 0.05) is 24.2 Å². The third kappa shape index (κ3) is 5.08. The van der Waals surface area contributed by atoms with Gasteiger partial charge in [-0.3, -0.25) is 4.57 Å². The molecule has 3 aromatic rings. The van der Waals surface area contributed by atoms with E-state index in [1.807, 2.05) is 0 Å². The molecule has 0 N–H and O–H groups in total. The topological polar surface area (TPSA) is 135 Å². The zero-order valence-electron chi connectivity index (χ0n) is 20.0. The molecule has 1 aliphatic carbocycles. The summed E-state index contributed by atoms with van der Waals surface area (Å²) in [5.74, 6) is 1.09. The number of methoxy groups -OCH3 is 2. The van der Waals surface area contributed by atoms with Crippen molar-refractivity contribution in [2.24, 2.45) is 0 Å². The number of hydrogen-bond donors (Lipinski definition) is 0. The monoisotopic (exact) mass is 521 g/mol. The molecule has 3 aromatic heterocycles. The van der Waals surface area contributed by atoms with E-state index < -0.39 is 21.0 Å². The van der Waals surface area contributed by atoms with E-state index in [0.717, 1.165) is 25.7 Å². The van der Waals surface area contributed by atoms with Crippen molar-refractivity contribution in [3.8, 4) is 17.4 Å². The zero-order chi connectivity index (χ0) is 25.2. The van der Waals surface area contributed by atoms with E-state index in [1.54, 1.807) is 18.4 Å². The standard InChI is InChI=1S/C22H28ClN7O4S/c1-13(19-24-9-16(23)10-25-19)14(2)35(31,32)11-17-28-29-20(15-7-5-6-8-15)30(17)18-21(33-3)26-12-27-22(18)34-4/h9-10,12-15H,5-8,11H2,1-4H3/t13-,14-/m0/s1. The molecule has 0 spiro atoms. The third-order valence-corrected chi connectivity index (χ3v) is 8.89. The van der Waals surface area contributed by atoms with Crippen LogP contribution in [0.2, 0.25) is 5.02 Å². The fraction of sp³-hybridized carbons (Fsp3) is 0.545. The van der Waals surface area contributed by atoms with Crippen LogP contribution in [0, 0.1) is 0 Å². The van der Waals surface area contributed by atoms with Gasteiger partial charge in [-0.1, -0.05) is 31.4 Å². The van der Waals surface area contributed by atoms with E-state index in [9.17, 15) is 8.42 Å². The molecule has 0 saturated heterocycles. The van der Waals surface area contributed by atoms with Crippen molar-refractivity contribution in [2.75, 3.05) is 14.2 Å². The van der Waals surface area contributed by atoms with Crippen molar-refractivity contribution in [2.45, 2.75) is 62.4 Å². The molecule has 13 heteroatoms. The highest BCUT2D eigenvalue weighted by atomic mass is 35.5. The molecule has 2 atom stereocenters. The summed E-state index contributed by atoms with van der Waals surface area (Å²) < 4.78 is 39.8. The molecule has 0 aromatic carbocycles. The Bertz CT molecular complexity index is 1260. The minimum atomic E-state index is -3.71. The van der Waals surface area contributed by atoms with Crippen LogP contribution in [0.1, 0.15) is 68.8 Å². The Morgan fingerprint density at radius 1 is 1.03 bits per heavy atom. The van der Waals surface area contributed by atoms with E-state index in [0.29, 0.717) is 22.4 Å². The molecule has 0 unspecified atom stereocenters. The second kappa shape index (κ2) is 10.4. The second-order valence-corrected chi connectivity index (χ2v) is 11.4. The van der Waals surface area contributed by atoms with Gasteiger partial charge in [-0.2, -0.15) is 9.97 Å². The van der Waals surface area contributed by atoms with Crippen molar-refractivity contribution >= 4 is 21.4 Å². The molecule has 1 fully saturated rings.